The van der Waals surface area contributed by atoms with E-state index < -0.39 is 11.7 Å². The molecule has 0 spiro atoms. The standard InChI is InChI=1S/C37H64O5/c1-13-24(4)29(9)31(11)41-34-22-33(15-3)42-36(38)30(10)37(12)32(23-40-35(37)25(5)14-2)20-16-18-26(6)28(8)27(7)19-17-21-39-34/h16,18-20,24-26,28-31,33-35H,13-15,17,21-23H2,1-12H3/b18-16+,27-19+,32-20+. The van der Waals surface area contributed by atoms with Gasteiger partial charge in [0, 0.05) is 11.8 Å². The van der Waals surface area contributed by atoms with E-state index >= 15 is 0 Å². The lowest BCUT2D eigenvalue weighted by Gasteiger charge is -2.39. The largest absolute Gasteiger partial charge is 0.462 e. The van der Waals surface area contributed by atoms with Gasteiger partial charge in [-0.1, -0.05) is 112 Å². The third-order valence-corrected chi connectivity index (χ3v) is 11.1. The van der Waals surface area contributed by atoms with Gasteiger partial charge in [-0.2, -0.15) is 0 Å². The highest BCUT2D eigenvalue weighted by molar-refractivity contribution is 5.74. The number of carbonyl (C=O) groups excluding carboxylic acids is 1. The molecule has 0 N–H and O–H groups in total. The summed E-state index contributed by atoms with van der Waals surface area (Å²) in [6.07, 6.45) is 12.4. The first-order valence-electron chi connectivity index (χ1n) is 16.9. The molecule has 11 atom stereocenters. The van der Waals surface area contributed by atoms with E-state index in [9.17, 15) is 4.79 Å². The molecule has 0 saturated carbocycles. The molecule has 42 heavy (non-hydrogen) atoms. The van der Waals surface area contributed by atoms with Gasteiger partial charge in [0.05, 0.1) is 31.3 Å². The van der Waals surface area contributed by atoms with Crippen molar-refractivity contribution in [1.82, 2.24) is 0 Å². The Kier molecular flexibility index (Phi) is 15.0. The SMILES string of the molecule is CCC1CC(OC(C)C(C)C(C)CC)OCC/C=C(\C)C(C)C(C)/C=C/C=C2\COC(C(C)CC)C2(C)C(C)C(=O)O1. The molecule has 0 aromatic carbocycles. The van der Waals surface area contributed by atoms with Crippen LogP contribution in [0.25, 0.3) is 0 Å². The summed E-state index contributed by atoms with van der Waals surface area (Å²) >= 11 is 0. The fourth-order valence-corrected chi connectivity index (χ4v) is 6.40. The molecule has 0 bridgehead atoms. The van der Waals surface area contributed by atoms with Gasteiger partial charge >= 0.3 is 5.97 Å². The van der Waals surface area contributed by atoms with Gasteiger partial charge in [0.25, 0.3) is 0 Å². The van der Waals surface area contributed by atoms with E-state index in [0.717, 1.165) is 19.3 Å². The first-order chi connectivity index (χ1) is 19.8. The first kappa shape index (κ1) is 36.8. The number of fused-ring (bicyclic) bond motifs is 1. The number of esters is 1. The molecule has 11 unspecified atom stereocenters. The predicted octanol–water partition coefficient (Wildman–Crippen LogP) is 9.32. The van der Waals surface area contributed by atoms with Crippen LogP contribution < -0.4 is 0 Å². The molecule has 2 rings (SSSR count). The van der Waals surface area contributed by atoms with Crippen LogP contribution in [-0.4, -0.2) is 43.8 Å². The van der Waals surface area contributed by atoms with Gasteiger partial charge in [-0.25, -0.2) is 0 Å². The number of hydrogen-bond donors (Lipinski definition) is 0. The summed E-state index contributed by atoms with van der Waals surface area (Å²) in [7, 11) is 0. The molecule has 242 valence electrons. The summed E-state index contributed by atoms with van der Waals surface area (Å²) in [5, 5.41) is 0. The summed E-state index contributed by atoms with van der Waals surface area (Å²) in [6.45, 7) is 27.5. The van der Waals surface area contributed by atoms with Crippen LogP contribution in [0.15, 0.2) is 35.5 Å². The van der Waals surface area contributed by atoms with Crippen LogP contribution in [0.1, 0.15) is 115 Å². The average Bonchev–Trinajstić information content (AvgIpc) is 3.32. The van der Waals surface area contributed by atoms with Gasteiger partial charge in [-0.05, 0) is 61.9 Å². The molecule has 0 aromatic heterocycles. The molecule has 0 amide bonds. The van der Waals surface area contributed by atoms with Crippen LogP contribution >= 0.6 is 0 Å². The van der Waals surface area contributed by atoms with E-state index in [1.807, 2.05) is 6.92 Å². The fraction of sp³-hybridized carbons (Fsp3) is 0.811. The number of cyclic esters (lactones) is 1. The Hall–Kier alpha value is -1.43. The summed E-state index contributed by atoms with van der Waals surface area (Å²) in [5.74, 6) is 1.56. The van der Waals surface area contributed by atoms with Crippen LogP contribution in [0.4, 0.5) is 0 Å². The van der Waals surface area contributed by atoms with Gasteiger partial charge in [-0.15, -0.1) is 0 Å². The maximum atomic E-state index is 13.9. The summed E-state index contributed by atoms with van der Waals surface area (Å²) in [5.41, 5.74) is 2.10. The lowest BCUT2D eigenvalue weighted by atomic mass is 9.66. The van der Waals surface area contributed by atoms with E-state index in [1.165, 1.54) is 11.1 Å². The number of rotatable bonds is 8. The monoisotopic (exact) mass is 588 g/mol. The maximum absolute atomic E-state index is 13.9. The lowest BCUT2D eigenvalue weighted by molar-refractivity contribution is -0.198. The van der Waals surface area contributed by atoms with Gasteiger partial charge in [0.1, 0.15) is 6.10 Å². The quantitative estimate of drug-likeness (QED) is 0.209. The Labute approximate surface area is 258 Å². The first-order valence-corrected chi connectivity index (χ1v) is 16.9. The van der Waals surface area contributed by atoms with Crippen molar-refractivity contribution in [2.24, 2.45) is 40.9 Å². The number of ether oxygens (including phenoxy) is 4. The molecule has 0 radical (unpaired) electrons. The van der Waals surface area contributed by atoms with E-state index in [2.05, 4.69) is 100 Å². The topological polar surface area (TPSA) is 54.0 Å². The molecule has 5 nitrogen and oxygen atoms in total. The summed E-state index contributed by atoms with van der Waals surface area (Å²) in [6, 6.07) is 0. The Morgan fingerprint density at radius 2 is 1.74 bits per heavy atom. The summed E-state index contributed by atoms with van der Waals surface area (Å²) < 4.78 is 25.6. The fourth-order valence-electron chi connectivity index (χ4n) is 6.40. The Bertz CT molecular complexity index is 921. The number of allylic oxidation sites excluding steroid dienone is 4. The third kappa shape index (κ3) is 9.29. The number of hydrogen-bond acceptors (Lipinski definition) is 5. The second-order valence-electron chi connectivity index (χ2n) is 13.7. The van der Waals surface area contributed by atoms with Gasteiger partial charge in [0.15, 0.2) is 6.29 Å². The smallest absolute Gasteiger partial charge is 0.309 e. The van der Waals surface area contributed by atoms with Crippen LogP contribution in [0, 0.1) is 40.9 Å². The molecule has 1 fully saturated rings. The van der Waals surface area contributed by atoms with Gasteiger partial charge in [-0.3, -0.25) is 4.79 Å². The molecule has 1 saturated heterocycles. The van der Waals surface area contributed by atoms with Crippen LogP contribution in [0.5, 0.6) is 0 Å². The van der Waals surface area contributed by atoms with Crippen molar-refractivity contribution in [3.05, 3.63) is 35.5 Å². The van der Waals surface area contributed by atoms with Crippen molar-refractivity contribution in [2.75, 3.05) is 13.2 Å². The van der Waals surface area contributed by atoms with E-state index in [-0.39, 0.29) is 30.2 Å². The van der Waals surface area contributed by atoms with Crippen molar-refractivity contribution in [3.63, 3.8) is 0 Å². The van der Waals surface area contributed by atoms with Crippen molar-refractivity contribution in [3.8, 4) is 0 Å². The predicted molar refractivity (Wildman–Crippen MR) is 174 cm³/mol. The van der Waals surface area contributed by atoms with E-state index in [1.54, 1.807) is 0 Å². The highest BCUT2D eigenvalue weighted by Gasteiger charge is 2.52. The zero-order chi connectivity index (χ0) is 31.6. The molecule has 2 heterocycles. The zero-order valence-electron chi connectivity index (χ0n) is 29.1. The second kappa shape index (κ2) is 17.2. The molecular formula is C37H64O5. The van der Waals surface area contributed by atoms with Gasteiger partial charge < -0.3 is 18.9 Å². The Morgan fingerprint density at radius 3 is 2.36 bits per heavy atom. The molecule has 0 aliphatic carbocycles. The zero-order valence-corrected chi connectivity index (χ0v) is 29.1. The second-order valence-corrected chi connectivity index (χ2v) is 13.7. The molecule has 2 aliphatic heterocycles. The van der Waals surface area contributed by atoms with Crippen LogP contribution in [0.3, 0.4) is 0 Å². The molecule has 0 aromatic rings. The van der Waals surface area contributed by atoms with Crippen molar-refractivity contribution in [1.29, 1.82) is 0 Å². The van der Waals surface area contributed by atoms with Crippen LogP contribution in [0.2, 0.25) is 0 Å². The Balaban J connectivity index is 2.46. The lowest BCUT2D eigenvalue weighted by Crippen LogP contribution is -2.44. The highest BCUT2D eigenvalue weighted by atomic mass is 16.7. The van der Waals surface area contributed by atoms with Gasteiger partial charge in [0.2, 0.25) is 0 Å². The van der Waals surface area contributed by atoms with E-state index in [0.29, 0.717) is 55.6 Å². The highest BCUT2D eigenvalue weighted by Crippen LogP contribution is 2.49. The number of carbonyl (C=O) groups is 1. The average molecular weight is 589 g/mol. The maximum Gasteiger partial charge on any atom is 0.309 e. The third-order valence-electron chi connectivity index (χ3n) is 11.1. The molecule has 2 aliphatic rings. The molecular weight excluding hydrogens is 524 g/mol. The Morgan fingerprint density at radius 1 is 1.05 bits per heavy atom. The minimum absolute atomic E-state index is 0.0402. The van der Waals surface area contributed by atoms with Crippen molar-refractivity contribution < 1.29 is 23.7 Å². The normalized spacial score (nSPS) is 38.3. The van der Waals surface area contributed by atoms with Crippen molar-refractivity contribution in [2.45, 2.75) is 140 Å². The summed E-state index contributed by atoms with van der Waals surface area (Å²) in [4.78, 5) is 13.9. The minimum atomic E-state index is -0.447. The van der Waals surface area contributed by atoms with E-state index in [4.69, 9.17) is 18.9 Å². The van der Waals surface area contributed by atoms with Crippen LogP contribution in [-0.2, 0) is 23.7 Å². The van der Waals surface area contributed by atoms with Crippen molar-refractivity contribution >= 4 is 5.97 Å². The molecule has 5 heteroatoms. The minimum Gasteiger partial charge on any atom is -0.462 e.